The van der Waals surface area contributed by atoms with E-state index < -0.39 is 0 Å². The summed E-state index contributed by atoms with van der Waals surface area (Å²) in [5.74, 6) is 5.74. The number of esters is 1. The maximum Gasteiger partial charge on any atom is 0.331 e. The zero-order valence-electron chi connectivity index (χ0n) is 34.9. The number of allylic oxidation sites excluding steroid dienone is 10. The summed E-state index contributed by atoms with van der Waals surface area (Å²) in [6, 6.07) is 0. The summed E-state index contributed by atoms with van der Waals surface area (Å²) in [5, 5.41) is 0. The van der Waals surface area contributed by atoms with Crippen molar-refractivity contribution < 1.29 is 9.53 Å². The first-order valence-electron chi connectivity index (χ1n) is 21.4. The van der Waals surface area contributed by atoms with E-state index in [9.17, 15) is 4.79 Å². The van der Waals surface area contributed by atoms with Crippen LogP contribution in [0.5, 0.6) is 0 Å². The Morgan fingerprint density at radius 1 is 0.941 bits per heavy atom. The van der Waals surface area contributed by atoms with E-state index in [1.807, 2.05) is 13.0 Å². The molecule has 5 rings (SSSR count). The Kier molecular flexibility index (Phi) is 13.0. The van der Waals surface area contributed by atoms with Gasteiger partial charge in [-0.1, -0.05) is 121 Å². The average molecular weight is 697 g/mol. The molecule has 2 nitrogen and oxygen atoms in total. The van der Waals surface area contributed by atoms with E-state index in [-0.39, 0.29) is 22.9 Å². The minimum absolute atomic E-state index is 0.00108. The molecule has 0 amide bonds. The summed E-state index contributed by atoms with van der Waals surface area (Å²) < 4.78 is 6.12. The molecule has 0 aromatic carbocycles. The Morgan fingerprint density at radius 3 is 2.41 bits per heavy atom. The van der Waals surface area contributed by atoms with Crippen LogP contribution in [0.15, 0.2) is 70.4 Å². The minimum Gasteiger partial charge on any atom is -0.459 e. The summed E-state index contributed by atoms with van der Waals surface area (Å²) in [4.78, 5) is 13.1. The molecule has 0 heterocycles. The van der Waals surface area contributed by atoms with Gasteiger partial charge in [0.05, 0.1) is 0 Å². The lowest BCUT2D eigenvalue weighted by Gasteiger charge is -2.58. The van der Waals surface area contributed by atoms with Crippen molar-refractivity contribution >= 4 is 5.97 Å². The third-order valence-corrected chi connectivity index (χ3v) is 15.7. The van der Waals surface area contributed by atoms with Gasteiger partial charge in [0.15, 0.2) is 0 Å². The number of rotatable bonds is 12. The van der Waals surface area contributed by atoms with Gasteiger partial charge >= 0.3 is 5.97 Å². The van der Waals surface area contributed by atoms with Gasteiger partial charge in [0.1, 0.15) is 6.10 Å². The molecule has 9 atom stereocenters. The summed E-state index contributed by atoms with van der Waals surface area (Å²) in [5.41, 5.74) is 7.79. The second kappa shape index (κ2) is 16.5. The Bertz CT molecular complexity index is 1430. The fourth-order valence-electron chi connectivity index (χ4n) is 12.5. The van der Waals surface area contributed by atoms with Crippen LogP contribution in [0.25, 0.3) is 0 Å². The van der Waals surface area contributed by atoms with Gasteiger partial charge in [0, 0.05) is 12.5 Å². The lowest BCUT2D eigenvalue weighted by Crippen LogP contribution is -2.51. The summed E-state index contributed by atoms with van der Waals surface area (Å²) in [6.45, 7) is 26.3. The van der Waals surface area contributed by atoms with E-state index in [2.05, 4.69) is 99.6 Å². The molecule has 284 valence electrons. The van der Waals surface area contributed by atoms with Crippen LogP contribution in [0.2, 0.25) is 0 Å². The average Bonchev–Trinajstić information content (AvgIpc) is 3.41. The predicted molar refractivity (Wildman–Crippen MR) is 218 cm³/mol. The zero-order chi connectivity index (χ0) is 37.1. The van der Waals surface area contributed by atoms with Gasteiger partial charge in [0.2, 0.25) is 0 Å². The monoisotopic (exact) mass is 697 g/mol. The zero-order valence-corrected chi connectivity index (χ0v) is 34.9. The second-order valence-electron chi connectivity index (χ2n) is 19.7. The minimum atomic E-state index is -0.194. The lowest BCUT2D eigenvalue weighted by molar-refractivity contribution is -0.145. The van der Waals surface area contributed by atoms with Gasteiger partial charge in [-0.15, -0.1) is 0 Å². The van der Waals surface area contributed by atoms with Crippen LogP contribution in [-0.2, 0) is 9.53 Å². The standard InChI is InChI=1S/C49H76O2/c1-12-38(33(2)3)20-19-37(7)43-24-25-44-41-22-21-39-32-40(26-29-48(39,10)45(41)27-30-49(43,44)11)51-46(50)31-35(5)16-13-15-34(4)18-23-42-36(6)17-14-28-47(42,8)9/h13,15-16,18,21,23,31,33,37-38,40-41,43-45H,12,14,17,19-20,22,24-30,32H2,1-11H3/t37-,38-,40?,41+,43-,44+,45+,48+,49-/m1/s1. The first-order valence-corrected chi connectivity index (χ1v) is 21.4. The number of hydrogen-bond acceptors (Lipinski definition) is 2. The Balaban J connectivity index is 1.15. The lowest BCUT2D eigenvalue weighted by atomic mass is 9.47. The summed E-state index contributed by atoms with van der Waals surface area (Å²) in [6.07, 6.45) is 33.0. The molecular formula is C49H76O2. The molecule has 5 aliphatic carbocycles. The first-order chi connectivity index (χ1) is 24.1. The molecule has 3 fully saturated rings. The molecule has 0 aliphatic heterocycles. The number of ether oxygens (including phenoxy) is 1. The van der Waals surface area contributed by atoms with Crippen molar-refractivity contribution in [3.8, 4) is 0 Å². The molecule has 5 aliphatic rings. The fraction of sp³-hybridized carbons (Fsp3) is 0.735. The third kappa shape index (κ3) is 8.83. The fourth-order valence-corrected chi connectivity index (χ4v) is 12.5. The molecule has 0 radical (unpaired) electrons. The summed E-state index contributed by atoms with van der Waals surface area (Å²) >= 11 is 0. The molecule has 0 saturated heterocycles. The molecule has 2 heteroatoms. The molecule has 0 aromatic heterocycles. The van der Waals surface area contributed by atoms with Gasteiger partial charge in [-0.25, -0.2) is 4.79 Å². The largest absolute Gasteiger partial charge is 0.459 e. The van der Waals surface area contributed by atoms with Crippen LogP contribution in [0, 0.1) is 57.7 Å². The number of hydrogen-bond donors (Lipinski definition) is 0. The normalized spacial score (nSPS) is 35.5. The van der Waals surface area contributed by atoms with Crippen LogP contribution in [0.1, 0.15) is 166 Å². The van der Waals surface area contributed by atoms with Crippen molar-refractivity contribution in [2.75, 3.05) is 0 Å². The van der Waals surface area contributed by atoms with E-state index in [0.717, 1.165) is 66.3 Å². The van der Waals surface area contributed by atoms with E-state index in [1.54, 1.807) is 11.6 Å². The van der Waals surface area contributed by atoms with Crippen molar-refractivity contribution in [2.24, 2.45) is 57.7 Å². The van der Waals surface area contributed by atoms with Crippen molar-refractivity contribution in [2.45, 2.75) is 172 Å². The maximum atomic E-state index is 13.1. The van der Waals surface area contributed by atoms with Crippen LogP contribution in [0.3, 0.4) is 0 Å². The molecule has 0 spiro atoms. The van der Waals surface area contributed by atoms with Crippen LogP contribution >= 0.6 is 0 Å². The van der Waals surface area contributed by atoms with Gasteiger partial charge in [0.25, 0.3) is 0 Å². The quantitative estimate of drug-likeness (QED) is 0.0879. The summed E-state index contributed by atoms with van der Waals surface area (Å²) in [7, 11) is 0. The van der Waals surface area contributed by atoms with E-state index >= 15 is 0 Å². The third-order valence-electron chi connectivity index (χ3n) is 15.7. The van der Waals surface area contributed by atoms with Crippen molar-refractivity contribution in [3.63, 3.8) is 0 Å². The van der Waals surface area contributed by atoms with Gasteiger partial charge in [-0.05, 0) is 160 Å². The van der Waals surface area contributed by atoms with Crippen LogP contribution in [0.4, 0.5) is 0 Å². The molecule has 51 heavy (non-hydrogen) atoms. The van der Waals surface area contributed by atoms with Crippen molar-refractivity contribution in [1.82, 2.24) is 0 Å². The molecule has 1 unspecified atom stereocenters. The second-order valence-corrected chi connectivity index (χ2v) is 19.7. The topological polar surface area (TPSA) is 26.3 Å². The Hall–Kier alpha value is -2.09. The highest BCUT2D eigenvalue weighted by molar-refractivity contribution is 5.83. The maximum absolute atomic E-state index is 13.1. The molecule has 0 aromatic rings. The van der Waals surface area contributed by atoms with Crippen LogP contribution < -0.4 is 0 Å². The van der Waals surface area contributed by atoms with E-state index in [4.69, 9.17) is 4.74 Å². The van der Waals surface area contributed by atoms with Crippen molar-refractivity contribution in [1.29, 1.82) is 0 Å². The highest BCUT2D eigenvalue weighted by atomic mass is 16.5. The Labute approximate surface area is 314 Å². The molecule has 3 saturated carbocycles. The molecular weight excluding hydrogens is 621 g/mol. The predicted octanol–water partition coefficient (Wildman–Crippen LogP) is 14.1. The van der Waals surface area contributed by atoms with E-state index in [0.29, 0.717) is 5.41 Å². The first kappa shape index (κ1) is 40.1. The SMILES string of the molecule is CC[C@H](CC[C@@H](C)[C@H]1CC[C@H]2[C@@H]3CC=C4CC(OC(=O)C=C(C)C=CC=C(C)C=CC5=C(C)CCCC5(C)C)CC[C@]4(C)[C@H]3CC[C@]12C)C(C)C. The smallest absolute Gasteiger partial charge is 0.331 e. The van der Waals surface area contributed by atoms with Crippen molar-refractivity contribution in [3.05, 3.63) is 70.4 Å². The Morgan fingerprint density at radius 2 is 1.71 bits per heavy atom. The highest BCUT2D eigenvalue weighted by Crippen LogP contribution is 2.67. The number of carbonyl (C=O) groups is 1. The number of fused-ring (bicyclic) bond motifs is 5. The van der Waals surface area contributed by atoms with Gasteiger partial charge in [-0.2, -0.15) is 0 Å². The van der Waals surface area contributed by atoms with Gasteiger partial charge in [-0.3, -0.25) is 0 Å². The molecule has 0 bridgehead atoms. The van der Waals surface area contributed by atoms with Gasteiger partial charge < -0.3 is 4.74 Å². The van der Waals surface area contributed by atoms with E-state index in [1.165, 1.54) is 87.3 Å². The highest BCUT2D eigenvalue weighted by Gasteiger charge is 2.59. The number of carbonyl (C=O) groups excluding carboxylic acids is 1. The van der Waals surface area contributed by atoms with Crippen LogP contribution in [-0.4, -0.2) is 12.1 Å². The molecule has 0 N–H and O–H groups in total.